The second-order valence-corrected chi connectivity index (χ2v) is 5.70. The molecule has 2 rings (SSSR count). The summed E-state index contributed by atoms with van der Waals surface area (Å²) in [5, 5.41) is 5.55. The van der Waals surface area contributed by atoms with Crippen LogP contribution in [0.1, 0.15) is 19.4 Å². The third-order valence-corrected chi connectivity index (χ3v) is 3.94. The van der Waals surface area contributed by atoms with Gasteiger partial charge >= 0.3 is 6.18 Å². The van der Waals surface area contributed by atoms with E-state index < -0.39 is 11.7 Å². The van der Waals surface area contributed by atoms with Crippen LogP contribution >= 0.6 is 0 Å². The zero-order chi connectivity index (χ0) is 19.2. The van der Waals surface area contributed by atoms with Crippen molar-refractivity contribution in [3.63, 3.8) is 0 Å². The van der Waals surface area contributed by atoms with Crippen LogP contribution in [0.4, 0.5) is 30.2 Å². The Morgan fingerprint density at radius 1 is 0.923 bits per heavy atom. The van der Waals surface area contributed by atoms with Crippen LogP contribution in [0.3, 0.4) is 0 Å². The topological polar surface area (TPSA) is 44.4 Å². The smallest absolute Gasteiger partial charge is 0.376 e. The molecular weight excluding hydrogens is 343 g/mol. The molecule has 0 unspecified atom stereocenters. The van der Waals surface area contributed by atoms with E-state index in [1.165, 1.54) is 12.1 Å². The van der Waals surface area contributed by atoms with E-state index in [9.17, 15) is 18.0 Å². The third-order valence-electron chi connectivity index (χ3n) is 3.94. The maximum absolute atomic E-state index is 12.5. The van der Waals surface area contributed by atoms with Crippen LogP contribution < -0.4 is 15.5 Å². The lowest BCUT2D eigenvalue weighted by Gasteiger charge is -2.21. The van der Waals surface area contributed by atoms with Gasteiger partial charge in [0.2, 0.25) is 5.91 Å². The van der Waals surface area contributed by atoms with E-state index >= 15 is 0 Å². The molecule has 7 heteroatoms. The summed E-state index contributed by atoms with van der Waals surface area (Å²) in [6, 6.07) is 12.1. The maximum atomic E-state index is 12.5. The number of benzene rings is 2. The van der Waals surface area contributed by atoms with Crippen LogP contribution in [-0.2, 0) is 11.0 Å². The number of hydrogen-bond acceptors (Lipinski definition) is 3. The van der Waals surface area contributed by atoms with Gasteiger partial charge in [-0.3, -0.25) is 4.79 Å². The van der Waals surface area contributed by atoms with Crippen molar-refractivity contribution in [2.75, 3.05) is 35.2 Å². The van der Waals surface area contributed by atoms with Gasteiger partial charge < -0.3 is 15.5 Å². The van der Waals surface area contributed by atoms with Crippen molar-refractivity contribution in [2.24, 2.45) is 0 Å². The fourth-order valence-corrected chi connectivity index (χ4v) is 2.51. The van der Waals surface area contributed by atoms with Crippen LogP contribution in [0.15, 0.2) is 48.5 Å². The maximum Gasteiger partial charge on any atom is 0.416 e. The number of amides is 1. The van der Waals surface area contributed by atoms with Crippen LogP contribution in [0.2, 0.25) is 0 Å². The predicted octanol–water partition coefficient (Wildman–Crippen LogP) is 4.60. The monoisotopic (exact) mass is 365 g/mol. The largest absolute Gasteiger partial charge is 0.416 e. The van der Waals surface area contributed by atoms with Crippen molar-refractivity contribution in [2.45, 2.75) is 20.0 Å². The molecular formula is C19H22F3N3O. The minimum Gasteiger partial charge on any atom is -0.376 e. The number of anilines is 3. The van der Waals surface area contributed by atoms with Gasteiger partial charge in [-0.15, -0.1) is 0 Å². The predicted molar refractivity (Wildman–Crippen MR) is 98.6 cm³/mol. The summed E-state index contributed by atoms with van der Waals surface area (Å²) in [6.45, 7) is 5.92. The molecule has 2 aromatic rings. The summed E-state index contributed by atoms with van der Waals surface area (Å²) in [5.74, 6) is -0.277. The SMILES string of the molecule is CCN(CC)c1ccc(NC(=O)CNc2ccc(C(F)(F)F)cc2)cc1. The number of carbonyl (C=O) groups is 1. The number of rotatable bonds is 7. The molecule has 0 fully saturated rings. The summed E-state index contributed by atoms with van der Waals surface area (Å²) in [4.78, 5) is 14.2. The molecule has 0 aliphatic rings. The van der Waals surface area contributed by atoms with E-state index in [0.29, 0.717) is 11.4 Å². The Labute approximate surface area is 151 Å². The lowest BCUT2D eigenvalue weighted by molar-refractivity contribution is -0.137. The van der Waals surface area contributed by atoms with Crippen molar-refractivity contribution in [1.29, 1.82) is 0 Å². The van der Waals surface area contributed by atoms with Crippen molar-refractivity contribution >= 4 is 23.0 Å². The van der Waals surface area contributed by atoms with Gasteiger partial charge in [0.1, 0.15) is 0 Å². The first-order chi connectivity index (χ1) is 12.3. The Bertz CT molecular complexity index is 708. The number of halogens is 3. The molecule has 140 valence electrons. The third kappa shape index (κ3) is 5.40. The van der Waals surface area contributed by atoms with Crippen molar-refractivity contribution in [1.82, 2.24) is 0 Å². The Hall–Kier alpha value is -2.70. The molecule has 0 spiro atoms. The number of alkyl halides is 3. The van der Waals surface area contributed by atoms with Crippen LogP contribution in [0.5, 0.6) is 0 Å². The molecule has 0 saturated heterocycles. The number of hydrogen-bond donors (Lipinski definition) is 2. The highest BCUT2D eigenvalue weighted by atomic mass is 19.4. The molecule has 0 aliphatic carbocycles. The standard InChI is InChI=1S/C19H22F3N3O/c1-3-25(4-2)17-11-9-16(10-12-17)24-18(26)13-23-15-7-5-14(6-8-15)19(20,21)22/h5-12,23H,3-4,13H2,1-2H3,(H,24,26). The van der Waals surface area contributed by atoms with E-state index in [4.69, 9.17) is 0 Å². The first kappa shape index (κ1) is 19.6. The van der Waals surface area contributed by atoms with Gasteiger partial charge in [0, 0.05) is 30.2 Å². The molecule has 2 aromatic carbocycles. The van der Waals surface area contributed by atoms with Crippen molar-refractivity contribution in [3.8, 4) is 0 Å². The molecule has 0 aliphatic heterocycles. The molecule has 26 heavy (non-hydrogen) atoms. The molecule has 0 bridgehead atoms. The Morgan fingerprint density at radius 2 is 1.46 bits per heavy atom. The van der Waals surface area contributed by atoms with Gasteiger partial charge in [-0.2, -0.15) is 13.2 Å². The molecule has 0 radical (unpaired) electrons. The molecule has 0 saturated carbocycles. The Balaban J connectivity index is 1.87. The van der Waals surface area contributed by atoms with E-state index in [-0.39, 0.29) is 12.5 Å². The Kier molecular flexibility index (Phi) is 6.49. The molecule has 0 heterocycles. The fourth-order valence-electron chi connectivity index (χ4n) is 2.51. The summed E-state index contributed by atoms with van der Waals surface area (Å²) in [5.41, 5.74) is 1.47. The number of nitrogens with zero attached hydrogens (tertiary/aromatic N) is 1. The highest BCUT2D eigenvalue weighted by Gasteiger charge is 2.29. The summed E-state index contributed by atoms with van der Waals surface area (Å²) in [7, 11) is 0. The summed E-state index contributed by atoms with van der Waals surface area (Å²) in [6.07, 6.45) is -4.37. The Morgan fingerprint density at radius 3 is 1.96 bits per heavy atom. The lowest BCUT2D eigenvalue weighted by atomic mass is 10.2. The number of carbonyl (C=O) groups excluding carboxylic acids is 1. The molecule has 0 aromatic heterocycles. The van der Waals surface area contributed by atoms with Crippen LogP contribution in [-0.4, -0.2) is 25.5 Å². The average Bonchev–Trinajstić information content (AvgIpc) is 2.62. The average molecular weight is 365 g/mol. The minimum atomic E-state index is -4.37. The van der Waals surface area contributed by atoms with Gasteiger partial charge in [0.05, 0.1) is 12.1 Å². The lowest BCUT2D eigenvalue weighted by Crippen LogP contribution is -2.23. The first-order valence-corrected chi connectivity index (χ1v) is 8.39. The highest BCUT2D eigenvalue weighted by molar-refractivity contribution is 5.93. The van der Waals surface area contributed by atoms with Crippen molar-refractivity contribution < 1.29 is 18.0 Å². The molecule has 0 atom stereocenters. The van der Waals surface area contributed by atoms with E-state index in [1.807, 2.05) is 24.3 Å². The van der Waals surface area contributed by atoms with Gasteiger partial charge in [0.25, 0.3) is 0 Å². The molecule has 2 N–H and O–H groups in total. The zero-order valence-corrected chi connectivity index (χ0v) is 14.7. The van der Waals surface area contributed by atoms with E-state index in [1.54, 1.807) is 0 Å². The zero-order valence-electron chi connectivity index (χ0n) is 14.7. The molecule has 4 nitrogen and oxygen atoms in total. The van der Waals surface area contributed by atoms with E-state index in [2.05, 4.69) is 29.4 Å². The molecule has 1 amide bonds. The summed E-state index contributed by atoms with van der Waals surface area (Å²) >= 11 is 0. The van der Waals surface area contributed by atoms with Gasteiger partial charge in [-0.25, -0.2) is 0 Å². The highest BCUT2D eigenvalue weighted by Crippen LogP contribution is 2.29. The van der Waals surface area contributed by atoms with Gasteiger partial charge in [0.15, 0.2) is 0 Å². The van der Waals surface area contributed by atoms with Crippen LogP contribution in [0, 0.1) is 0 Å². The van der Waals surface area contributed by atoms with Gasteiger partial charge in [-0.05, 0) is 62.4 Å². The van der Waals surface area contributed by atoms with E-state index in [0.717, 1.165) is 30.9 Å². The quantitative estimate of drug-likeness (QED) is 0.754. The second kappa shape index (κ2) is 8.60. The second-order valence-electron chi connectivity index (χ2n) is 5.70. The van der Waals surface area contributed by atoms with Crippen LogP contribution in [0.25, 0.3) is 0 Å². The van der Waals surface area contributed by atoms with Crippen molar-refractivity contribution in [3.05, 3.63) is 54.1 Å². The number of nitrogens with one attached hydrogen (secondary N) is 2. The van der Waals surface area contributed by atoms with Gasteiger partial charge in [-0.1, -0.05) is 0 Å². The summed E-state index contributed by atoms with van der Waals surface area (Å²) < 4.78 is 37.5. The fraction of sp³-hybridized carbons (Fsp3) is 0.316. The minimum absolute atomic E-state index is 0.0385. The normalized spacial score (nSPS) is 11.1. The first-order valence-electron chi connectivity index (χ1n) is 8.39.